The van der Waals surface area contributed by atoms with E-state index in [4.69, 9.17) is 28.9 Å². The fraction of sp³-hybridized carbons (Fsp3) is 0.0714. The number of primary amides is 1. The Hall–Kier alpha value is -1.60. The van der Waals surface area contributed by atoms with Gasteiger partial charge >= 0.3 is 0 Å². The van der Waals surface area contributed by atoms with Gasteiger partial charge in [0.15, 0.2) is 0 Å². The van der Waals surface area contributed by atoms with Gasteiger partial charge in [-0.1, -0.05) is 59.6 Å². The van der Waals surface area contributed by atoms with E-state index >= 15 is 0 Å². The molecule has 3 N–H and O–H groups in total. The summed E-state index contributed by atoms with van der Waals surface area (Å²) in [5, 5.41) is -0.0205. The topological polar surface area (TPSA) is 89.3 Å². The Bertz CT molecular complexity index is 795. The lowest BCUT2D eigenvalue weighted by molar-refractivity contribution is -0.119. The number of hydrogen-bond donors (Lipinski definition) is 2. The predicted molar refractivity (Wildman–Crippen MR) is 85.2 cm³/mol. The zero-order valence-electron chi connectivity index (χ0n) is 11.2. The van der Waals surface area contributed by atoms with E-state index in [-0.39, 0.29) is 14.9 Å². The van der Waals surface area contributed by atoms with Crippen molar-refractivity contribution < 1.29 is 13.2 Å². The molecule has 0 saturated carbocycles. The highest BCUT2D eigenvalue weighted by Gasteiger charge is 2.27. The number of benzene rings is 2. The van der Waals surface area contributed by atoms with E-state index in [1.807, 2.05) is 0 Å². The third-order valence-electron chi connectivity index (χ3n) is 2.90. The minimum Gasteiger partial charge on any atom is -0.368 e. The Labute approximate surface area is 138 Å². The van der Waals surface area contributed by atoms with Crippen LogP contribution in [0.2, 0.25) is 10.0 Å². The monoisotopic (exact) mass is 358 g/mol. The number of nitrogens with two attached hydrogens (primary N) is 1. The summed E-state index contributed by atoms with van der Waals surface area (Å²) in [7, 11) is -4.07. The second-order valence-corrected chi connectivity index (χ2v) is 6.89. The molecule has 0 heterocycles. The number of halogens is 2. The van der Waals surface area contributed by atoms with Gasteiger partial charge < -0.3 is 5.73 Å². The third kappa shape index (κ3) is 3.59. The Morgan fingerprint density at radius 1 is 1.05 bits per heavy atom. The molecule has 1 amide bonds. The number of sulfonamides is 1. The van der Waals surface area contributed by atoms with E-state index in [1.54, 1.807) is 30.3 Å². The molecule has 1 atom stereocenters. The van der Waals surface area contributed by atoms with Crippen molar-refractivity contribution >= 4 is 39.1 Å². The second kappa shape index (κ2) is 6.66. The van der Waals surface area contributed by atoms with Crippen LogP contribution < -0.4 is 10.5 Å². The molecule has 0 aliphatic carbocycles. The normalized spacial score (nSPS) is 12.8. The molecule has 116 valence electrons. The maximum Gasteiger partial charge on any atom is 0.243 e. The van der Waals surface area contributed by atoms with Crippen molar-refractivity contribution in [2.45, 2.75) is 10.9 Å². The Balaban J connectivity index is 2.42. The average molecular weight is 359 g/mol. The van der Waals surface area contributed by atoms with Gasteiger partial charge in [-0.15, -0.1) is 0 Å². The predicted octanol–water partition coefficient (Wildman–Crippen LogP) is 2.50. The largest absolute Gasteiger partial charge is 0.368 e. The van der Waals surface area contributed by atoms with Gasteiger partial charge in [0.05, 0.1) is 10.0 Å². The van der Waals surface area contributed by atoms with Gasteiger partial charge in [0.25, 0.3) is 0 Å². The lowest BCUT2D eigenvalue weighted by Gasteiger charge is -2.17. The van der Waals surface area contributed by atoms with Crippen molar-refractivity contribution in [2.24, 2.45) is 5.73 Å². The second-order valence-electron chi connectivity index (χ2n) is 4.42. The summed E-state index contributed by atoms with van der Waals surface area (Å²) in [4.78, 5) is 11.4. The summed E-state index contributed by atoms with van der Waals surface area (Å²) in [6.07, 6.45) is 0. The molecule has 0 fully saturated rings. The Morgan fingerprint density at radius 2 is 1.68 bits per heavy atom. The van der Waals surface area contributed by atoms with Crippen LogP contribution in [-0.2, 0) is 14.8 Å². The number of hydrogen-bond acceptors (Lipinski definition) is 3. The number of amides is 1. The molecule has 5 nitrogen and oxygen atoms in total. The first-order valence-corrected chi connectivity index (χ1v) is 8.37. The molecule has 0 bridgehead atoms. The molecular weight excluding hydrogens is 347 g/mol. The number of rotatable bonds is 5. The third-order valence-corrected chi connectivity index (χ3v) is 5.29. The molecule has 0 aliphatic heterocycles. The summed E-state index contributed by atoms with van der Waals surface area (Å²) < 4.78 is 27.1. The van der Waals surface area contributed by atoms with Crippen LogP contribution in [0.3, 0.4) is 0 Å². The van der Waals surface area contributed by atoms with Gasteiger partial charge in [-0.2, -0.15) is 4.72 Å². The summed E-state index contributed by atoms with van der Waals surface area (Å²) in [5.74, 6) is -0.826. The van der Waals surface area contributed by atoms with Crippen molar-refractivity contribution in [3.05, 3.63) is 64.1 Å². The number of carbonyl (C=O) groups excluding carboxylic acids is 1. The first-order valence-electron chi connectivity index (χ1n) is 6.13. The summed E-state index contributed by atoms with van der Waals surface area (Å²) >= 11 is 11.7. The van der Waals surface area contributed by atoms with E-state index in [0.717, 1.165) is 0 Å². The molecule has 0 aromatic heterocycles. The fourth-order valence-electron chi connectivity index (χ4n) is 1.85. The Morgan fingerprint density at radius 3 is 2.27 bits per heavy atom. The maximum absolute atomic E-state index is 12.4. The zero-order valence-corrected chi connectivity index (χ0v) is 13.5. The quantitative estimate of drug-likeness (QED) is 0.860. The highest BCUT2D eigenvalue weighted by molar-refractivity contribution is 7.89. The van der Waals surface area contributed by atoms with Gasteiger partial charge in [0.1, 0.15) is 10.9 Å². The molecule has 0 unspecified atom stereocenters. The van der Waals surface area contributed by atoms with Crippen molar-refractivity contribution in [1.29, 1.82) is 0 Å². The molecule has 2 rings (SSSR count). The summed E-state index contributed by atoms with van der Waals surface area (Å²) in [5.41, 5.74) is 5.72. The number of carbonyl (C=O) groups is 1. The van der Waals surface area contributed by atoms with Crippen LogP contribution in [0.15, 0.2) is 53.4 Å². The van der Waals surface area contributed by atoms with Crippen LogP contribution in [0.25, 0.3) is 0 Å². The summed E-state index contributed by atoms with van der Waals surface area (Å²) in [6, 6.07) is 11.3. The van der Waals surface area contributed by atoms with E-state index in [2.05, 4.69) is 4.72 Å². The standard InChI is InChI=1S/C14H12Cl2N2O3S/c15-10-7-4-8-11(12(10)16)22(20,21)18-13(14(17)19)9-5-2-1-3-6-9/h1-8,13,18H,(H2,17,19)/t13-/m0/s1. The van der Waals surface area contributed by atoms with Crippen LogP contribution in [0.4, 0.5) is 0 Å². The minimum absolute atomic E-state index is 0.0971. The van der Waals surface area contributed by atoms with Gasteiger partial charge in [0.2, 0.25) is 15.9 Å². The SMILES string of the molecule is NC(=O)[C@@H](NS(=O)(=O)c1cccc(Cl)c1Cl)c1ccccc1. The Kier molecular flexibility index (Phi) is 5.08. The average Bonchev–Trinajstić information content (AvgIpc) is 2.48. The van der Waals surface area contributed by atoms with Crippen molar-refractivity contribution in [1.82, 2.24) is 4.72 Å². The fourth-order valence-corrected chi connectivity index (χ4v) is 3.80. The highest BCUT2D eigenvalue weighted by atomic mass is 35.5. The smallest absolute Gasteiger partial charge is 0.243 e. The van der Waals surface area contributed by atoms with Crippen molar-refractivity contribution in [3.8, 4) is 0 Å². The summed E-state index contributed by atoms with van der Waals surface area (Å²) in [6.45, 7) is 0. The first-order chi connectivity index (χ1) is 10.3. The molecule has 0 spiro atoms. The maximum atomic E-state index is 12.4. The van der Waals surface area contributed by atoms with Crippen molar-refractivity contribution in [3.63, 3.8) is 0 Å². The lowest BCUT2D eigenvalue weighted by atomic mass is 10.1. The van der Waals surface area contributed by atoms with E-state index < -0.39 is 22.0 Å². The molecule has 2 aromatic carbocycles. The zero-order chi connectivity index (χ0) is 16.3. The molecule has 0 saturated heterocycles. The van der Waals surface area contributed by atoms with Gasteiger partial charge in [-0.25, -0.2) is 8.42 Å². The molecule has 8 heteroatoms. The van der Waals surface area contributed by atoms with E-state index in [1.165, 1.54) is 18.2 Å². The van der Waals surface area contributed by atoms with Crippen LogP contribution in [-0.4, -0.2) is 14.3 Å². The minimum atomic E-state index is -4.07. The van der Waals surface area contributed by atoms with E-state index in [0.29, 0.717) is 5.56 Å². The molecule has 22 heavy (non-hydrogen) atoms. The van der Waals surface area contributed by atoms with Gasteiger partial charge in [-0.05, 0) is 17.7 Å². The van der Waals surface area contributed by atoms with Crippen LogP contribution in [0.1, 0.15) is 11.6 Å². The number of nitrogens with one attached hydrogen (secondary N) is 1. The van der Waals surface area contributed by atoms with E-state index in [9.17, 15) is 13.2 Å². The van der Waals surface area contributed by atoms with Crippen LogP contribution >= 0.6 is 23.2 Å². The molecule has 2 aromatic rings. The highest BCUT2D eigenvalue weighted by Crippen LogP contribution is 2.29. The molecule has 0 aliphatic rings. The molecule has 0 radical (unpaired) electrons. The van der Waals surface area contributed by atoms with Gasteiger partial charge in [-0.3, -0.25) is 4.79 Å². The molecular formula is C14H12Cl2N2O3S. The lowest BCUT2D eigenvalue weighted by Crippen LogP contribution is -2.37. The van der Waals surface area contributed by atoms with Crippen molar-refractivity contribution in [2.75, 3.05) is 0 Å². The van der Waals surface area contributed by atoms with Gasteiger partial charge in [0, 0.05) is 0 Å². The van der Waals surface area contributed by atoms with Crippen LogP contribution in [0.5, 0.6) is 0 Å². The van der Waals surface area contributed by atoms with Crippen LogP contribution in [0, 0.1) is 0 Å². The first kappa shape index (κ1) is 16.8.